The lowest BCUT2D eigenvalue weighted by Crippen LogP contribution is -2.49. The molecule has 170 valence electrons. The third-order valence-corrected chi connectivity index (χ3v) is 5.81. The van der Waals surface area contributed by atoms with Gasteiger partial charge in [-0.1, -0.05) is 19.1 Å². The lowest BCUT2D eigenvalue weighted by atomic mass is 9.93. The van der Waals surface area contributed by atoms with Crippen molar-refractivity contribution in [2.24, 2.45) is 10.9 Å². The van der Waals surface area contributed by atoms with E-state index in [2.05, 4.69) is 70.9 Å². The molecule has 0 radical (unpaired) electrons. The van der Waals surface area contributed by atoms with E-state index in [-0.39, 0.29) is 0 Å². The number of rotatable bonds is 9. The second kappa shape index (κ2) is 11.7. The van der Waals surface area contributed by atoms with Gasteiger partial charge in [0.25, 0.3) is 0 Å². The van der Waals surface area contributed by atoms with Crippen molar-refractivity contribution in [3.63, 3.8) is 0 Å². The Labute approximate surface area is 187 Å². The fourth-order valence-corrected chi connectivity index (χ4v) is 3.95. The molecule has 1 fully saturated rings. The highest BCUT2D eigenvalue weighted by Gasteiger charge is 2.28. The van der Waals surface area contributed by atoms with Crippen LogP contribution >= 0.6 is 0 Å². The Morgan fingerprint density at radius 3 is 2.77 bits per heavy atom. The van der Waals surface area contributed by atoms with Gasteiger partial charge in [-0.25, -0.2) is 9.98 Å². The van der Waals surface area contributed by atoms with Crippen LogP contribution in [0.1, 0.15) is 38.3 Å². The number of aliphatic imine (C=N–C) groups is 1. The number of hydrogen-bond donors (Lipinski definition) is 1. The van der Waals surface area contributed by atoms with Gasteiger partial charge in [0.15, 0.2) is 5.96 Å². The standard InChI is InChI=1S/C24H38N6O/c1-5-26-24(29-14-11-20(2)23(18-29)30-15-12-25-19-30)27-17-21-7-9-22(10-8-21)31-16-6-13-28(3)4/h7-10,12,15,19-20,23H,5-6,11,13-14,16-18H2,1-4H3,(H,26,27). The Balaban J connectivity index is 1.58. The first-order valence-corrected chi connectivity index (χ1v) is 11.4. The van der Waals surface area contributed by atoms with Crippen LogP contribution in [0.4, 0.5) is 0 Å². The summed E-state index contributed by atoms with van der Waals surface area (Å²) in [5.41, 5.74) is 1.19. The van der Waals surface area contributed by atoms with Gasteiger partial charge in [0.1, 0.15) is 5.75 Å². The van der Waals surface area contributed by atoms with E-state index in [0.717, 1.165) is 57.3 Å². The average molecular weight is 427 g/mol. The lowest BCUT2D eigenvalue weighted by molar-refractivity contribution is 0.189. The second-order valence-electron chi connectivity index (χ2n) is 8.61. The Bertz CT molecular complexity index is 787. The maximum Gasteiger partial charge on any atom is 0.194 e. The molecule has 1 aliphatic heterocycles. The number of ether oxygens (including phenoxy) is 1. The molecule has 0 bridgehead atoms. The molecule has 2 aromatic rings. The molecule has 1 N–H and O–H groups in total. The predicted octanol–water partition coefficient (Wildman–Crippen LogP) is 3.26. The number of nitrogens with one attached hydrogen (secondary N) is 1. The molecule has 0 saturated carbocycles. The summed E-state index contributed by atoms with van der Waals surface area (Å²) in [5, 5.41) is 3.48. The van der Waals surface area contributed by atoms with Crippen LogP contribution in [0.25, 0.3) is 0 Å². The molecule has 0 aliphatic carbocycles. The minimum atomic E-state index is 0.420. The second-order valence-corrected chi connectivity index (χ2v) is 8.61. The van der Waals surface area contributed by atoms with Crippen molar-refractivity contribution in [3.8, 4) is 5.75 Å². The monoisotopic (exact) mass is 426 g/mol. The average Bonchev–Trinajstić information content (AvgIpc) is 3.30. The maximum atomic E-state index is 5.84. The number of benzene rings is 1. The highest BCUT2D eigenvalue weighted by molar-refractivity contribution is 5.80. The van der Waals surface area contributed by atoms with E-state index in [4.69, 9.17) is 9.73 Å². The van der Waals surface area contributed by atoms with Crippen LogP contribution in [0.2, 0.25) is 0 Å². The summed E-state index contributed by atoms with van der Waals surface area (Å²) in [6.07, 6.45) is 8.03. The minimum Gasteiger partial charge on any atom is -0.494 e. The van der Waals surface area contributed by atoms with Crippen LogP contribution in [0.5, 0.6) is 5.75 Å². The summed E-state index contributed by atoms with van der Waals surface area (Å²) >= 11 is 0. The molecule has 0 amide bonds. The van der Waals surface area contributed by atoms with Crippen LogP contribution in [-0.2, 0) is 6.54 Å². The van der Waals surface area contributed by atoms with Crippen LogP contribution in [-0.4, -0.2) is 72.2 Å². The molecule has 2 unspecified atom stereocenters. The summed E-state index contributed by atoms with van der Waals surface area (Å²) < 4.78 is 8.07. The van der Waals surface area contributed by atoms with Crippen molar-refractivity contribution in [1.82, 2.24) is 24.7 Å². The molecule has 1 saturated heterocycles. The molecular weight excluding hydrogens is 388 g/mol. The molecule has 1 aromatic carbocycles. The van der Waals surface area contributed by atoms with E-state index in [1.54, 1.807) is 0 Å². The Morgan fingerprint density at radius 1 is 1.29 bits per heavy atom. The molecule has 1 aromatic heterocycles. The molecule has 2 heterocycles. The van der Waals surface area contributed by atoms with Crippen LogP contribution in [0.3, 0.4) is 0 Å². The van der Waals surface area contributed by atoms with Gasteiger partial charge in [0.2, 0.25) is 0 Å². The van der Waals surface area contributed by atoms with Crippen LogP contribution in [0, 0.1) is 5.92 Å². The number of guanidine groups is 1. The lowest BCUT2D eigenvalue weighted by Gasteiger charge is -2.39. The zero-order valence-electron chi connectivity index (χ0n) is 19.5. The van der Waals surface area contributed by atoms with E-state index in [1.807, 2.05) is 24.7 Å². The Kier molecular flexibility index (Phi) is 8.76. The Morgan fingerprint density at radius 2 is 2.10 bits per heavy atom. The molecule has 3 rings (SSSR count). The van der Waals surface area contributed by atoms with Crippen LogP contribution in [0.15, 0.2) is 48.0 Å². The van der Waals surface area contributed by atoms with Crippen molar-refractivity contribution in [2.45, 2.75) is 39.3 Å². The van der Waals surface area contributed by atoms with E-state index < -0.39 is 0 Å². The highest BCUT2D eigenvalue weighted by atomic mass is 16.5. The normalized spacial score (nSPS) is 19.6. The van der Waals surface area contributed by atoms with Gasteiger partial charge in [-0.15, -0.1) is 0 Å². The number of nitrogens with zero attached hydrogens (tertiary/aromatic N) is 5. The van der Waals surface area contributed by atoms with Gasteiger partial charge in [-0.2, -0.15) is 0 Å². The first kappa shape index (κ1) is 23.1. The fourth-order valence-electron chi connectivity index (χ4n) is 3.95. The first-order valence-electron chi connectivity index (χ1n) is 11.4. The molecule has 7 nitrogen and oxygen atoms in total. The van der Waals surface area contributed by atoms with Gasteiger partial charge in [-0.3, -0.25) is 0 Å². The van der Waals surface area contributed by atoms with Gasteiger partial charge in [-0.05, 0) is 57.5 Å². The van der Waals surface area contributed by atoms with Gasteiger partial charge in [0.05, 0.1) is 25.5 Å². The molecule has 31 heavy (non-hydrogen) atoms. The molecular formula is C24H38N6O. The third-order valence-electron chi connectivity index (χ3n) is 5.81. The van der Waals surface area contributed by atoms with E-state index >= 15 is 0 Å². The summed E-state index contributed by atoms with van der Waals surface area (Å²) in [4.78, 5) is 13.7. The quantitative estimate of drug-likeness (QED) is 0.379. The number of piperidine rings is 1. The number of hydrogen-bond acceptors (Lipinski definition) is 4. The number of imidazole rings is 1. The van der Waals surface area contributed by atoms with Crippen molar-refractivity contribution >= 4 is 5.96 Å². The van der Waals surface area contributed by atoms with Crippen molar-refractivity contribution in [2.75, 3.05) is 46.9 Å². The molecule has 0 spiro atoms. The zero-order valence-corrected chi connectivity index (χ0v) is 19.5. The largest absolute Gasteiger partial charge is 0.494 e. The summed E-state index contributed by atoms with van der Waals surface area (Å²) in [6.45, 7) is 9.73. The van der Waals surface area contributed by atoms with E-state index in [1.165, 1.54) is 5.56 Å². The topological polar surface area (TPSA) is 57.9 Å². The third kappa shape index (κ3) is 6.99. The molecule has 2 atom stereocenters. The Hall–Kier alpha value is -2.54. The minimum absolute atomic E-state index is 0.420. The number of aromatic nitrogens is 2. The van der Waals surface area contributed by atoms with Gasteiger partial charge >= 0.3 is 0 Å². The van der Waals surface area contributed by atoms with E-state index in [9.17, 15) is 0 Å². The number of likely N-dealkylation sites (tertiary alicyclic amines) is 1. The highest BCUT2D eigenvalue weighted by Crippen LogP contribution is 2.27. The summed E-state index contributed by atoms with van der Waals surface area (Å²) in [6, 6.07) is 8.74. The maximum absolute atomic E-state index is 5.84. The van der Waals surface area contributed by atoms with Gasteiger partial charge < -0.3 is 24.4 Å². The van der Waals surface area contributed by atoms with E-state index in [0.29, 0.717) is 18.5 Å². The molecule has 7 heteroatoms. The fraction of sp³-hybridized carbons (Fsp3) is 0.583. The molecule has 1 aliphatic rings. The van der Waals surface area contributed by atoms with Crippen molar-refractivity contribution in [3.05, 3.63) is 48.5 Å². The van der Waals surface area contributed by atoms with Gasteiger partial charge in [0, 0.05) is 38.6 Å². The summed E-state index contributed by atoms with van der Waals surface area (Å²) in [5.74, 6) is 2.54. The smallest absolute Gasteiger partial charge is 0.194 e. The van der Waals surface area contributed by atoms with Crippen molar-refractivity contribution < 1.29 is 4.74 Å². The predicted molar refractivity (Wildman–Crippen MR) is 127 cm³/mol. The van der Waals surface area contributed by atoms with Crippen LogP contribution < -0.4 is 10.1 Å². The SMILES string of the molecule is CCNC(=NCc1ccc(OCCCN(C)C)cc1)N1CCC(C)C(n2ccnc2)C1. The first-order chi connectivity index (χ1) is 15.1. The summed E-state index contributed by atoms with van der Waals surface area (Å²) in [7, 11) is 4.17. The van der Waals surface area contributed by atoms with Crippen molar-refractivity contribution in [1.29, 1.82) is 0 Å². The zero-order chi connectivity index (χ0) is 22.1.